The summed E-state index contributed by atoms with van der Waals surface area (Å²) in [4.78, 5) is 4.14. The first-order valence-electron chi connectivity index (χ1n) is 3.59. The molecule has 0 N–H and O–H groups in total. The maximum absolute atomic E-state index is 8.02. The van der Waals surface area contributed by atoms with Gasteiger partial charge in [0.25, 0.3) is 0 Å². The van der Waals surface area contributed by atoms with Crippen molar-refractivity contribution in [3.63, 3.8) is 0 Å². The summed E-state index contributed by atoms with van der Waals surface area (Å²) in [5.41, 5.74) is 0.844. The molecule has 0 unspecified atom stereocenters. The molecule has 0 spiro atoms. The third kappa shape index (κ3) is 2.83. The van der Waals surface area contributed by atoms with Crippen molar-refractivity contribution >= 4 is 6.21 Å². The second-order valence-electron chi connectivity index (χ2n) is 2.19. The number of rotatable bonds is 3. The van der Waals surface area contributed by atoms with E-state index in [0.717, 1.165) is 11.3 Å². The minimum atomic E-state index is 0.776. The zero-order valence-electron chi connectivity index (χ0n) is 7.10. The zero-order chi connectivity index (χ0) is 9.52. The normalized spacial score (nSPS) is 9.54. The Morgan fingerprint density at radius 3 is 2.62 bits per heavy atom. The maximum Gasteiger partial charge on any atom is 0.316 e. The van der Waals surface area contributed by atoms with Crippen molar-refractivity contribution in [1.29, 1.82) is 5.26 Å². The molecule has 0 atom stereocenters. The van der Waals surface area contributed by atoms with Gasteiger partial charge in [-0.3, -0.25) is 4.84 Å². The molecule has 66 valence electrons. The molecule has 4 heteroatoms. The lowest BCUT2D eigenvalue weighted by Gasteiger charge is -1.97. The van der Waals surface area contributed by atoms with Gasteiger partial charge in [0.15, 0.2) is 0 Å². The summed E-state index contributed by atoms with van der Waals surface area (Å²) in [6, 6.07) is 7.22. The van der Waals surface area contributed by atoms with Crippen LogP contribution in [0.2, 0.25) is 0 Å². The van der Waals surface area contributed by atoms with Gasteiger partial charge < -0.3 is 4.74 Å². The fourth-order valence-electron chi connectivity index (χ4n) is 0.801. The van der Waals surface area contributed by atoms with Crippen LogP contribution < -0.4 is 4.74 Å². The highest BCUT2D eigenvalue weighted by Gasteiger charge is 1.90. The number of oxime groups is 1. The maximum atomic E-state index is 8.02. The van der Waals surface area contributed by atoms with Gasteiger partial charge in [-0.25, -0.2) is 0 Å². The average molecular weight is 176 g/mol. The molecule has 1 rings (SSSR count). The van der Waals surface area contributed by atoms with E-state index in [1.807, 2.05) is 12.1 Å². The Labute approximate surface area is 76.0 Å². The van der Waals surface area contributed by atoms with Crippen LogP contribution in [0.5, 0.6) is 5.75 Å². The Bertz CT molecular complexity index is 324. The van der Waals surface area contributed by atoms with Crippen molar-refractivity contribution in [1.82, 2.24) is 0 Å². The van der Waals surface area contributed by atoms with Gasteiger partial charge in [0.1, 0.15) is 5.75 Å². The largest absolute Gasteiger partial charge is 0.497 e. The summed E-state index contributed by atoms with van der Waals surface area (Å²) in [6.07, 6.45) is 2.88. The third-order valence-corrected chi connectivity index (χ3v) is 1.41. The van der Waals surface area contributed by atoms with Crippen molar-refractivity contribution < 1.29 is 9.57 Å². The van der Waals surface area contributed by atoms with Crippen molar-refractivity contribution in [2.45, 2.75) is 0 Å². The second-order valence-corrected chi connectivity index (χ2v) is 2.19. The quantitative estimate of drug-likeness (QED) is 0.398. The van der Waals surface area contributed by atoms with E-state index >= 15 is 0 Å². The fourth-order valence-corrected chi connectivity index (χ4v) is 0.801. The van der Waals surface area contributed by atoms with Crippen LogP contribution in [0.25, 0.3) is 0 Å². The molecule has 0 aliphatic rings. The number of methoxy groups -OCH3 is 1. The molecule has 4 nitrogen and oxygen atoms in total. The summed E-state index contributed by atoms with van der Waals surface area (Å²) in [5.74, 6) is 0.776. The SMILES string of the molecule is COc1ccc(C=NOC#N)cc1. The van der Waals surface area contributed by atoms with Crippen molar-refractivity contribution in [3.05, 3.63) is 29.8 Å². The number of hydrogen-bond donors (Lipinski definition) is 0. The molecule has 0 aliphatic carbocycles. The predicted molar refractivity (Wildman–Crippen MR) is 47.3 cm³/mol. The van der Waals surface area contributed by atoms with E-state index in [9.17, 15) is 0 Å². The average Bonchev–Trinajstić information content (AvgIpc) is 2.19. The van der Waals surface area contributed by atoms with Gasteiger partial charge in [-0.2, -0.15) is 0 Å². The molecule has 13 heavy (non-hydrogen) atoms. The van der Waals surface area contributed by atoms with E-state index in [1.165, 1.54) is 12.5 Å². The molecular formula is C9H8N2O2. The van der Waals surface area contributed by atoms with Crippen LogP contribution in [0, 0.1) is 11.5 Å². The fraction of sp³-hybridized carbons (Fsp3) is 0.111. The van der Waals surface area contributed by atoms with Crippen LogP contribution in [0.1, 0.15) is 5.56 Å². The monoisotopic (exact) mass is 176 g/mol. The van der Waals surface area contributed by atoms with Crippen molar-refractivity contribution in [2.75, 3.05) is 7.11 Å². The molecule has 0 aliphatic heterocycles. The first-order valence-corrected chi connectivity index (χ1v) is 3.59. The molecular weight excluding hydrogens is 168 g/mol. The van der Waals surface area contributed by atoms with Gasteiger partial charge >= 0.3 is 6.26 Å². The third-order valence-electron chi connectivity index (χ3n) is 1.41. The minimum absolute atomic E-state index is 0.776. The summed E-state index contributed by atoms with van der Waals surface area (Å²) < 4.78 is 4.97. The van der Waals surface area contributed by atoms with E-state index in [0.29, 0.717) is 0 Å². The molecule has 0 aromatic heterocycles. The lowest BCUT2D eigenvalue weighted by molar-refractivity contribution is 0.293. The summed E-state index contributed by atoms with van der Waals surface area (Å²) >= 11 is 0. The van der Waals surface area contributed by atoms with Crippen LogP contribution >= 0.6 is 0 Å². The standard InChI is InChI=1S/C9H8N2O2/c1-12-9-4-2-8(3-5-9)6-11-13-7-10/h2-6H,1H3. The first-order chi connectivity index (χ1) is 6.36. The molecule has 0 saturated heterocycles. The van der Waals surface area contributed by atoms with E-state index < -0.39 is 0 Å². The number of benzene rings is 1. The first kappa shape index (κ1) is 9.07. The van der Waals surface area contributed by atoms with E-state index in [-0.39, 0.29) is 0 Å². The summed E-state index contributed by atoms with van der Waals surface area (Å²) in [7, 11) is 1.60. The lowest BCUT2D eigenvalue weighted by atomic mass is 10.2. The van der Waals surface area contributed by atoms with Gasteiger partial charge in [-0.15, -0.1) is 5.26 Å². The van der Waals surface area contributed by atoms with E-state index in [1.54, 1.807) is 19.2 Å². The van der Waals surface area contributed by atoms with Crippen LogP contribution in [-0.2, 0) is 4.84 Å². The second kappa shape index (κ2) is 4.78. The molecule has 0 saturated carbocycles. The number of hydrogen-bond acceptors (Lipinski definition) is 4. The highest BCUT2D eigenvalue weighted by atomic mass is 16.6. The molecule has 0 bridgehead atoms. The van der Waals surface area contributed by atoms with Gasteiger partial charge in [-0.05, 0) is 29.8 Å². The molecule has 0 heterocycles. The van der Waals surface area contributed by atoms with Gasteiger partial charge in [-0.1, -0.05) is 5.16 Å². The number of nitriles is 1. The molecule has 1 aromatic rings. The lowest BCUT2D eigenvalue weighted by Crippen LogP contribution is -1.84. The highest BCUT2D eigenvalue weighted by Crippen LogP contribution is 2.09. The van der Waals surface area contributed by atoms with Crippen LogP contribution in [0.15, 0.2) is 29.4 Å². The van der Waals surface area contributed by atoms with Crippen molar-refractivity contribution in [3.8, 4) is 12.0 Å². The molecule has 0 amide bonds. The van der Waals surface area contributed by atoms with Crippen LogP contribution in [0.3, 0.4) is 0 Å². The van der Waals surface area contributed by atoms with E-state index in [2.05, 4.69) is 9.99 Å². The van der Waals surface area contributed by atoms with Gasteiger partial charge in [0.05, 0.1) is 13.3 Å². The Morgan fingerprint density at radius 2 is 2.08 bits per heavy atom. The zero-order valence-corrected chi connectivity index (χ0v) is 7.10. The Hall–Kier alpha value is -2.02. The highest BCUT2D eigenvalue weighted by molar-refractivity contribution is 5.79. The van der Waals surface area contributed by atoms with Gasteiger partial charge in [0, 0.05) is 0 Å². The molecule has 0 fully saturated rings. The Morgan fingerprint density at radius 1 is 1.38 bits per heavy atom. The topological polar surface area (TPSA) is 54.6 Å². The number of nitrogens with zero attached hydrogens (tertiary/aromatic N) is 2. The van der Waals surface area contributed by atoms with Gasteiger partial charge in [0.2, 0.25) is 0 Å². The smallest absolute Gasteiger partial charge is 0.316 e. The van der Waals surface area contributed by atoms with Crippen LogP contribution in [0.4, 0.5) is 0 Å². The van der Waals surface area contributed by atoms with Crippen LogP contribution in [-0.4, -0.2) is 13.3 Å². The Kier molecular flexibility index (Phi) is 3.33. The van der Waals surface area contributed by atoms with E-state index in [4.69, 9.17) is 10.00 Å². The van der Waals surface area contributed by atoms with Crippen molar-refractivity contribution in [2.24, 2.45) is 5.16 Å². The summed E-state index contributed by atoms with van der Waals surface area (Å²) in [6.45, 7) is 0. The Balaban J connectivity index is 2.65. The summed E-state index contributed by atoms with van der Waals surface area (Å²) in [5, 5.41) is 11.4. The predicted octanol–water partition coefficient (Wildman–Crippen LogP) is 1.53. The number of ether oxygens (including phenoxy) is 1. The molecule has 1 aromatic carbocycles. The molecule has 0 radical (unpaired) electrons. The minimum Gasteiger partial charge on any atom is -0.497 e.